The van der Waals surface area contributed by atoms with Gasteiger partial charge in [-0.3, -0.25) is 9.59 Å². The van der Waals surface area contributed by atoms with Crippen molar-refractivity contribution in [2.45, 2.75) is 45.4 Å². The SMILES string of the molecule is CCOc1ccc(CC(=O)NCCc2nc(C3CCN(C(C)=O)CC3)no2)cc1. The zero-order valence-corrected chi connectivity index (χ0v) is 17.0. The molecule has 1 fully saturated rings. The number of benzene rings is 1. The Morgan fingerprint density at radius 2 is 1.97 bits per heavy atom. The average molecular weight is 400 g/mol. The van der Waals surface area contributed by atoms with E-state index in [-0.39, 0.29) is 17.7 Å². The number of hydrogen-bond acceptors (Lipinski definition) is 6. The number of likely N-dealkylation sites (tertiary alicyclic amines) is 1. The highest BCUT2D eigenvalue weighted by molar-refractivity contribution is 5.78. The molecule has 8 heteroatoms. The van der Waals surface area contributed by atoms with Gasteiger partial charge in [0.1, 0.15) is 5.75 Å². The lowest BCUT2D eigenvalue weighted by Crippen LogP contribution is -2.36. The Hall–Kier alpha value is -2.90. The summed E-state index contributed by atoms with van der Waals surface area (Å²) in [4.78, 5) is 29.8. The molecule has 2 aromatic rings. The molecule has 0 radical (unpaired) electrons. The highest BCUT2D eigenvalue weighted by Crippen LogP contribution is 2.25. The summed E-state index contributed by atoms with van der Waals surface area (Å²) in [7, 11) is 0. The van der Waals surface area contributed by atoms with Gasteiger partial charge in [-0.2, -0.15) is 4.98 Å². The van der Waals surface area contributed by atoms with Gasteiger partial charge < -0.3 is 19.5 Å². The molecular weight excluding hydrogens is 372 g/mol. The lowest BCUT2D eigenvalue weighted by Gasteiger charge is -2.29. The van der Waals surface area contributed by atoms with Gasteiger partial charge in [-0.1, -0.05) is 17.3 Å². The summed E-state index contributed by atoms with van der Waals surface area (Å²) in [5.74, 6) is 2.30. The molecule has 0 spiro atoms. The average Bonchev–Trinajstić information content (AvgIpc) is 3.19. The summed E-state index contributed by atoms with van der Waals surface area (Å²) in [6, 6.07) is 7.53. The van der Waals surface area contributed by atoms with Gasteiger partial charge in [0.2, 0.25) is 17.7 Å². The second-order valence-corrected chi connectivity index (χ2v) is 7.18. The van der Waals surface area contributed by atoms with Gasteiger partial charge in [0, 0.05) is 38.9 Å². The van der Waals surface area contributed by atoms with E-state index in [1.54, 1.807) is 6.92 Å². The first-order valence-corrected chi connectivity index (χ1v) is 10.1. The number of aromatic nitrogens is 2. The van der Waals surface area contributed by atoms with Crippen molar-refractivity contribution in [3.8, 4) is 5.75 Å². The fourth-order valence-electron chi connectivity index (χ4n) is 3.41. The van der Waals surface area contributed by atoms with E-state index < -0.39 is 0 Å². The number of ether oxygens (including phenoxy) is 1. The van der Waals surface area contributed by atoms with Crippen molar-refractivity contribution >= 4 is 11.8 Å². The van der Waals surface area contributed by atoms with E-state index in [9.17, 15) is 9.59 Å². The molecule has 0 saturated carbocycles. The Bertz CT molecular complexity index is 810. The van der Waals surface area contributed by atoms with Gasteiger partial charge in [0.15, 0.2) is 5.82 Å². The van der Waals surface area contributed by atoms with Crippen LogP contribution in [0.4, 0.5) is 0 Å². The first-order valence-electron chi connectivity index (χ1n) is 10.1. The zero-order chi connectivity index (χ0) is 20.6. The largest absolute Gasteiger partial charge is 0.494 e. The molecule has 1 saturated heterocycles. The topological polar surface area (TPSA) is 97.6 Å². The number of amides is 2. The third-order valence-corrected chi connectivity index (χ3v) is 5.05. The maximum atomic E-state index is 12.1. The molecule has 29 heavy (non-hydrogen) atoms. The van der Waals surface area contributed by atoms with Crippen molar-refractivity contribution in [3.63, 3.8) is 0 Å². The van der Waals surface area contributed by atoms with Crippen molar-refractivity contribution in [1.82, 2.24) is 20.4 Å². The van der Waals surface area contributed by atoms with E-state index in [0.717, 1.165) is 37.2 Å². The lowest BCUT2D eigenvalue weighted by molar-refractivity contribution is -0.129. The van der Waals surface area contributed by atoms with E-state index in [1.807, 2.05) is 36.1 Å². The summed E-state index contributed by atoms with van der Waals surface area (Å²) in [5, 5.41) is 6.97. The second-order valence-electron chi connectivity index (χ2n) is 7.18. The molecule has 3 rings (SSSR count). The molecule has 1 aliphatic heterocycles. The monoisotopic (exact) mass is 400 g/mol. The minimum Gasteiger partial charge on any atom is -0.494 e. The van der Waals surface area contributed by atoms with Crippen LogP contribution in [0.25, 0.3) is 0 Å². The predicted molar refractivity (Wildman–Crippen MR) is 107 cm³/mol. The Balaban J connectivity index is 1.39. The number of nitrogens with one attached hydrogen (secondary N) is 1. The van der Waals surface area contributed by atoms with Gasteiger partial charge in [0.05, 0.1) is 13.0 Å². The van der Waals surface area contributed by atoms with Crippen LogP contribution < -0.4 is 10.1 Å². The minimum absolute atomic E-state index is 0.0505. The highest BCUT2D eigenvalue weighted by atomic mass is 16.5. The molecule has 1 aliphatic rings. The fourth-order valence-corrected chi connectivity index (χ4v) is 3.41. The Morgan fingerprint density at radius 3 is 2.62 bits per heavy atom. The van der Waals surface area contributed by atoms with Crippen LogP contribution in [0.5, 0.6) is 5.75 Å². The molecular formula is C21H28N4O4. The summed E-state index contributed by atoms with van der Waals surface area (Å²) in [5.41, 5.74) is 0.933. The third-order valence-electron chi connectivity index (χ3n) is 5.05. The van der Waals surface area contributed by atoms with Crippen molar-refractivity contribution in [2.75, 3.05) is 26.2 Å². The standard InChI is InChI=1S/C21H28N4O4/c1-3-28-18-6-4-16(5-7-18)14-19(27)22-11-8-20-23-21(24-29-20)17-9-12-25(13-10-17)15(2)26/h4-7,17H,3,8-14H2,1-2H3,(H,22,27). The lowest BCUT2D eigenvalue weighted by atomic mass is 9.96. The number of rotatable bonds is 8. The smallest absolute Gasteiger partial charge is 0.228 e. The summed E-state index contributed by atoms with van der Waals surface area (Å²) in [6.07, 6.45) is 2.50. The van der Waals surface area contributed by atoms with Crippen LogP contribution >= 0.6 is 0 Å². The highest BCUT2D eigenvalue weighted by Gasteiger charge is 2.25. The van der Waals surface area contributed by atoms with Crippen molar-refractivity contribution < 1.29 is 18.8 Å². The van der Waals surface area contributed by atoms with E-state index in [4.69, 9.17) is 9.26 Å². The molecule has 2 heterocycles. The van der Waals surface area contributed by atoms with Gasteiger partial charge in [-0.05, 0) is 37.5 Å². The number of piperidine rings is 1. The Morgan fingerprint density at radius 1 is 1.24 bits per heavy atom. The second kappa shape index (κ2) is 10.0. The third kappa shape index (κ3) is 6.04. The predicted octanol–water partition coefficient (Wildman–Crippen LogP) is 2.10. The van der Waals surface area contributed by atoms with Gasteiger partial charge >= 0.3 is 0 Å². The summed E-state index contributed by atoms with van der Waals surface area (Å²) < 4.78 is 10.7. The number of hydrogen-bond donors (Lipinski definition) is 1. The molecule has 1 N–H and O–H groups in total. The molecule has 8 nitrogen and oxygen atoms in total. The van der Waals surface area contributed by atoms with E-state index >= 15 is 0 Å². The van der Waals surface area contributed by atoms with Crippen molar-refractivity contribution in [2.24, 2.45) is 0 Å². The van der Waals surface area contributed by atoms with E-state index in [1.165, 1.54) is 0 Å². The van der Waals surface area contributed by atoms with Crippen LogP contribution in [0.3, 0.4) is 0 Å². The molecule has 0 bridgehead atoms. The Labute approximate surface area is 170 Å². The molecule has 1 aromatic heterocycles. The van der Waals surface area contributed by atoms with Crippen molar-refractivity contribution in [3.05, 3.63) is 41.5 Å². The van der Waals surface area contributed by atoms with Crippen LogP contribution in [0, 0.1) is 0 Å². The summed E-state index contributed by atoms with van der Waals surface area (Å²) in [6.45, 7) is 6.05. The first-order chi connectivity index (χ1) is 14.0. The number of carbonyl (C=O) groups excluding carboxylic acids is 2. The number of nitrogens with zero attached hydrogens (tertiary/aromatic N) is 3. The van der Waals surface area contributed by atoms with Gasteiger partial charge in [0.25, 0.3) is 0 Å². The first kappa shape index (κ1) is 20.8. The normalized spacial score (nSPS) is 14.6. The maximum Gasteiger partial charge on any atom is 0.228 e. The van der Waals surface area contributed by atoms with E-state index in [2.05, 4.69) is 15.5 Å². The van der Waals surface area contributed by atoms with Gasteiger partial charge in [-0.25, -0.2) is 0 Å². The fraction of sp³-hybridized carbons (Fsp3) is 0.524. The van der Waals surface area contributed by atoms with Crippen LogP contribution in [-0.4, -0.2) is 53.1 Å². The van der Waals surface area contributed by atoms with Crippen LogP contribution in [0.2, 0.25) is 0 Å². The van der Waals surface area contributed by atoms with Crippen molar-refractivity contribution in [1.29, 1.82) is 0 Å². The molecule has 2 amide bonds. The van der Waals surface area contributed by atoms with E-state index in [0.29, 0.717) is 37.7 Å². The molecule has 0 atom stereocenters. The quantitative estimate of drug-likeness (QED) is 0.729. The minimum atomic E-state index is -0.0505. The van der Waals surface area contributed by atoms with Crippen LogP contribution in [0.15, 0.2) is 28.8 Å². The molecule has 156 valence electrons. The zero-order valence-electron chi connectivity index (χ0n) is 17.0. The molecule has 1 aromatic carbocycles. The Kier molecular flexibility index (Phi) is 7.21. The van der Waals surface area contributed by atoms with Crippen LogP contribution in [0.1, 0.15) is 49.9 Å². The molecule has 0 aliphatic carbocycles. The van der Waals surface area contributed by atoms with Gasteiger partial charge in [-0.15, -0.1) is 0 Å². The van der Waals surface area contributed by atoms with Crippen LogP contribution in [-0.2, 0) is 22.4 Å². The maximum absolute atomic E-state index is 12.1. The summed E-state index contributed by atoms with van der Waals surface area (Å²) >= 11 is 0. The number of carbonyl (C=O) groups is 2. The molecule has 0 unspecified atom stereocenters.